The van der Waals surface area contributed by atoms with Crippen LogP contribution in [-0.2, 0) is 18.9 Å². The van der Waals surface area contributed by atoms with E-state index in [2.05, 4.69) is 15.0 Å². The second-order valence-electron chi connectivity index (χ2n) is 13.7. The molecule has 2 aromatic heterocycles. The summed E-state index contributed by atoms with van der Waals surface area (Å²) in [6.45, 7) is 16.3. The predicted octanol–water partition coefficient (Wildman–Crippen LogP) is 6.95. The molecule has 3 aromatic carbocycles. The molecule has 1 aliphatic rings. The minimum absolute atomic E-state index is 0.0556. The molecule has 52 heavy (non-hydrogen) atoms. The third-order valence-electron chi connectivity index (χ3n) is 9.38. The summed E-state index contributed by atoms with van der Waals surface area (Å²) in [7, 11) is 0. The number of benzene rings is 3. The van der Waals surface area contributed by atoms with E-state index in [9.17, 15) is 18.8 Å². The highest BCUT2D eigenvalue weighted by Gasteiger charge is 2.52. The first kappa shape index (κ1) is 36.3. The summed E-state index contributed by atoms with van der Waals surface area (Å²) < 4.78 is 40.9. The number of halogens is 1. The molecule has 1 aliphatic heterocycles. The highest BCUT2D eigenvalue weighted by molar-refractivity contribution is 5.94. The van der Waals surface area contributed by atoms with Crippen LogP contribution in [0.3, 0.4) is 0 Å². The second-order valence-corrected chi connectivity index (χ2v) is 13.7. The molecule has 0 amide bonds. The van der Waals surface area contributed by atoms with Gasteiger partial charge in [-0.2, -0.15) is 4.39 Å². The van der Waals surface area contributed by atoms with Gasteiger partial charge >= 0.3 is 17.9 Å². The Kier molecular flexibility index (Phi) is 9.96. The zero-order valence-corrected chi connectivity index (χ0v) is 30.7. The van der Waals surface area contributed by atoms with E-state index < -0.39 is 48.4 Å². The van der Waals surface area contributed by atoms with E-state index in [0.717, 1.165) is 34.1 Å². The van der Waals surface area contributed by atoms with Crippen LogP contribution in [0, 0.1) is 68.3 Å². The minimum Gasteiger partial charge on any atom is -0.459 e. The van der Waals surface area contributed by atoms with Crippen molar-refractivity contribution in [3.05, 3.63) is 122 Å². The first-order valence-corrected chi connectivity index (χ1v) is 17.0. The van der Waals surface area contributed by atoms with Gasteiger partial charge in [-0.3, -0.25) is 4.57 Å². The summed E-state index contributed by atoms with van der Waals surface area (Å²) in [5.41, 5.74) is 8.18. The Hall–Kier alpha value is -5.49. The fourth-order valence-corrected chi connectivity index (χ4v) is 7.44. The summed E-state index contributed by atoms with van der Waals surface area (Å²) in [6, 6.07) is 11.3. The average Bonchev–Trinajstić information content (AvgIpc) is 3.60. The van der Waals surface area contributed by atoms with Gasteiger partial charge in [0, 0.05) is 0 Å². The third-order valence-corrected chi connectivity index (χ3v) is 9.38. The quantitative estimate of drug-likeness (QED) is 0.0948. The molecule has 5 aromatic rings. The first-order valence-electron chi connectivity index (χ1n) is 17.0. The molecular weight excluding hydrogens is 667 g/mol. The molecule has 0 bridgehead atoms. The van der Waals surface area contributed by atoms with Crippen molar-refractivity contribution in [3.63, 3.8) is 0 Å². The molecule has 270 valence electrons. The van der Waals surface area contributed by atoms with Crippen molar-refractivity contribution in [2.45, 2.75) is 86.9 Å². The number of aryl methyl sites for hydroxylation is 9. The number of imidazole rings is 1. The monoisotopic (exact) mass is 708 g/mol. The van der Waals surface area contributed by atoms with Crippen molar-refractivity contribution in [1.29, 1.82) is 0 Å². The smallest absolute Gasteiger partial charge is 0.339 e. The van der Waals surface area contributed by atoms with Gasteiger partial charge in [0.1, 0.15) is 19.0 Å². The topological polar surface area (TPSA) is 132 Å². The number of nitrogens with zero attached hydrogens (tertiary/aromatic N) is 4. The summed E-state index contributed by atoms with van der Waals surface area (Å²) in [5, 5.41) is 0. The van der Waals surface area contributed by atoms with Crippen LogP contribution in [0.4, 0.5) is 4.39 Å². The standard InChI is InChI=1S/C40H41FN4O7/c1-19-10-22(4)29(23(5)11-19)38(46)49-16-28-33(51-39(47)30-24(6)12-20(2)13-25(30)7)34(52-40(48)31-26(8)14-21(3)15-27(31)9)37(50-28)45-18-44-32-35(41)42-17-43-36(32)45/h10-15,17-18,28,33-34,37H,16H2,1-9H3/t28-,33?,34?,37-/m1/s1. The molecular formula is C40H41FN4O7. The molecule has 1 saturated heterocycles. The predicted molar refractivity (Wildman–Crippen MR) is 190 cm³/mol. The molecule has 1 fully saturated rings. The number of rotatable bonds is 8. The van der Waals surface area contributed by atoms with E-state index in [1.807, 2.05) is 84.9 Å². The summed E-state index contributed by atoms with van der Waals surface area (Å²) in [6.07, 6.45) is -2.68. The van der Waals surface area contributed by atoms with Crippen LogP contribution >= 0.6 is 0 Å². The molecule has 0 saturated carbocycles. The lowest BCUT2D eigenvalue weighted by Crippen LogP contribution is -2.41. The second kappa shape index (κ2) is 14.3. The van der Waals surface area contributed by atoms with Gasteiger partial charge in [-0.05, 0) is 95.7 Å². The molecule has 0 aliphatic carbocycles. The van der Waals surface area contributed by atoms with Gasteiger partial charge in [-0.15, -0.1) is 0 Å². The zero-order valence-electron chi connectivity index (χ0n) is 30.7. The highest BCUT2D eigenvalue weighted by atomic mass is 19.1. The lowest BCUT2D eigenvalue weighted by atomic mass is 9.99. The Morgan fingerprint density at radius 3 is 1.58 bits per heavy atom. The highest BCUT2D eigenvalue weighted by Crippen LogP contribution is 2.38. The van der Waals surface area contributed by atoms with E-state index in [-0.39, 0.29) is 17.8 Å². The Bertz CT molecular complexity index is 2180. The number of fused-ring (bicyclic) bond motifs is 1. The lowest BCUT2D eigenvalue weighted by Gasteiger charge is -2.26. The van der Waals surface area contributed by atoms with Crippen LogP contribution in [0.1, 0.15) is 87.4 Å². The number of carbonyl (C=O) groups is 3. The van der Waals surface area contributed by atoms with Gasteiger partial charge in [0.15, 0.2) is 29.6 Å². The number of ether oxygens (including phenoxy) is 4. The molecule has 11 nitrogen and oxygen atoms in total. The molecule has 4 atom stereocenters. The molecule has 3 heterocycles. The Balaban J connectivity index is 1.44. The van der Waals surface area contributed by atoms with Crippen molar-refractivity contribution in [2.75, 3.05) is 6.61 Å². The van der Waals surface area contributed by atoms with Crippen molar-refractivity contribution in [2.24, 2.45) is 0 Å². The van der Waals surface area contributed by atoms with E-state index >= 15 is 0 Å². The molecule has 2 unspecified atom stereocenters. The van der Waals surface area contributed by atoms with E-state index in [4.69, 9.17) is 18.9 Å². The minimum atomic E-state index is -1.33. The van der Waals surface area contributed by atoms with Gasteiger partial charge in [-0.25, -0.2) is 29.3 Å². The van der Waals surface area contributed by atoms with Crippen LogP contribution in [0.2, 0.25) is 0 Å². The van der Waals surface area contributed by atoms with Crippen molar-refractivity contribution in [1.82, 2.24) is 19.5 Å². The number of carbonyl (C=O) groups excluding carboxylic acids is 3. The first-order chi connectivity index (χ1) is 24.6. The van der Waals surface area contributed by atoms with Gasteiger partial charge in [0.05, 0.1) is 23.0 Å². The van der Waals surface area contributed by atoms with E-state index in [0.29, 0.717) is 38.9 Å². The Labute approximate surface area is 301 Å². The number of esters is 3. The number of hydrogen-bond acceptors (Lipinski definition) is 10. The normalized spacial score (nSPS) is 18.4. The summed E-state index contributed by atoms with van der Waals surface area (Å²) in [4.78, 5) is 53.7. The van der Waals surface area contributed by atoms with Crippen LogP contribution < -0.4 is 0 Å². The van der Waals surface area contributed by atoms with E-state index in [1.54, 1.807) is 13.8 Å². The van der Waals surface area contributed by atoms with Crippen LogP contribution in [0.25, 0.3) is 11.2 Å². The van der Waals surface area contributed by atoms with Crippen LogP contribution in [-0.4, -0.2) is 62.3 Å². The fraction of sp³-hybridized carbons (Fsp3) is 0.350. The van der Waals surface area contributed by atoms with Crippen molar-refractivity contribution >= 4 is 29.1 Å². The largest absolute Gasteiger partial charge is 0.459 e. The lowest BCUT2D eigenvalue weighted by molar-refractivity contribution is -0.0607. The van der Waals surface area contributed by atoms with Crippen molar-refractivity contribution < 1.29 is 37.7 Å². The Morgan fingerprint density at radius 2 is 1.10 bits per heavy atom. The van der Waals surface area contributed by atoms with Crippen LogP contribution in [0.5, 0.6) is 0 Å². The maximum Gasteiger partial charge on any atom is 0.339 e. The molecule has 6 rings (SSSR count). The van der Waals surface area contributed by atoms with Gasteiger partial charge in [0.25, 0.3) is 0 Å². The Morgan fingerprint density at radius 1 is 0.654 bits per heavy atom. The maximum absolute atomic E-state index is 14.7. The van der Waals surface area contributed by atoms with Gasteiger partial charge in [0.2, 0.25) is 5.95 Å². The summed E-state index contributed by atoms with van der Waals surface area (Å²) >= 11 is 0. The molecule has 0 N–H and O–H groups in total. The van der Waals surface area contributed by atoms with Crippen molar-refractivity contribution in [3.8, 4) is 0 Å². The number of aromatic nitrogens is 4. The zero-order chi connectivity index (χ0) is 37.6. The fourth-order valence-electron chi connectivity index (χ4n) is 7.44. The molecule has 0 radical (unpaired) electrons. The SMILES string of the molecule is Cc1cc(C)c(C(=O)OC[C@H]2O[C@@H](n3cnc4c(F)ncnc43)C(OC(=O)c3c(C)cc(C)cc3C)C2OC(=O)c2c(C)cc(C)cc2C)c(C)c1. The average molecular weight is 709 g/mol. The number of hydrogen-bond donors (Lipinski definition) is 0. The maximum atomic E-state index is 14.7. The van der Waals surface area contributed by atoms with Gasteiger partial charge in [-0.1, -0.05) is 53.1 Å². The molecule has 0 spiro atoms. The molecule has 12 heteroatoms. The van der Waals surface area contributed by atoms with Crippen LogP contribution in [0.15, 0.2) is 49.1 Å². The third kappa shape index (κ3) is 6.90. The van der Waals surface area contributed by atoms with E-state index in [1.165, 1.54) is 10.9 Å². The van der Waals surface area contributed by atoms with Gasteiger partial charge < -0.3 is 18.9 Å². The summed E-state index contributed by atoms with van der Waals surface area (Å²) in [5.74, 6) is -2.83.